The van der Waals surface area contributed by atoms with E-state index in [4.69, 9.17) is 14.3 Å². The van der Waals surface area contributed by atoms with E-state index in [1.807, 2.05) is 55.5 Å². The number of methoxy groups -OCH3 is 2. The molecule has 7 heteroatoms. The number of hydrogen-bond acceptors (Lipinski definition) is 5. The Balaban J connectivity index is 1.60. The minimum absolute atomic E-state index is 0.176. The molecule has 7 nitrogen and oxygen atoms in total. The van der Waals surface area contributed by atoms with E-state index in [0.717, 1.165) is 39.6 Å². The number of carbonyl (C=O) groups excluding carboxylic acids is 1. The second-order valence-corrected chi connectivity index (χ2v) is 6.95. The van der Waals surface area contributed by atoms with Crippen LogP contribution in [0.4, 0.5) is 4.79 Å². The van der Waals surface area contributed by atoms with Crippen molar-refractivity contribution in [2.24, 2.45) is 5.16 Å². The lowest BCUT2D eigenvalue weighted by Gasteiger charge is -2.29. The van der Waals surface area contributed by atoms with Gasteiger partial charge in [0.2, 0.25) is 0 Å². The molecule has 2 heterocycles. The minimum atomic E-state index is -0.313. The van der Waals surface area contributed by atoms with Gasteiger partial charge in [-0.3, -0.25) is 0 Å². The number of allylic oxidation sites excluding steroid dienone is 1. The molecule has 2 amide bonds. The van der Waals surface area contributed by atoms with Crippen LogP contribution in [0.5, 0.6) is 11.5 Å². The van der Waals surface area contributed by atoms with Gasteiger partial charge >= 0.3 is 6.03 Å². The van der Waals surface area contributed by atoms with Crippen LogP contribution in [0.15, 0.2) is 65.0 Å². The van der Waals surface area contributed by atoms with E-state index in [1.54, 1.807) is 14.2 Å². The van der Waals surface area contributed by atoms with Crippen LogP contribution >= 0.6 is 0 Å². The molecule has 0 spiro atoms. The lowest BCUT2D eigenvalue weighted by molar-refractivity contribution is 0.0857. The van der Waals surface area contributed by atoms with Crippen LogP contribution in [-0.2, 0) is 4.84 Å². The summed E-state index contributed by atoms with van der Waals surface area (Å²) < 4.78 is 10.5. The van der Waals surface area contributed by atoms with Crippen molar-refractivity contribution in [2.45, 2.75) is 25.5 Å². The number of hydrogen-bond donors (Lipinski definition) is 2. The number of nitrogens with one attached hydrogen (secondary N) is 2. The lowest BCUT2D eigenvalue weighted by Crippen LogP contribution is -2.44. The van der Waals surface area contributed by atoms with Crippen molar-refractivity contribution in [3.8, 4) is 11.5 Å². The van der Waals surface area contributed by atoms with Gasteiger partial charge in [-0.1, -0.05) is 29.4 Å². The number of ether oxygens (including phenoxy) is 2. The van der Waals surface area contributed by atoms with Crippen molar-refractivity contribution in [3.05, 3.63) is 70.9 Å². The van der Waals surface area contributed by atoms with Gasteiger partial charge in [0.1, 0.15) is 11.5 Å². The summed E-state index contributed by atoms with van der Waals surface area (Å²) in [5.74, 6) is 1.56. The van der Waals surface area contributed by atoms with E-state index in [0.29, 0.717) is 6.42 Å². The number of amides is 2. The molecular formula is C22H23N3O4. The summed E-state index contributed by atoms with van der Waals surface area (Å²) in [7, 11) is 3.27. The third-order valence-corrected chi connectivity index (χ3v) is 5.19. The summed E-state index contributed by atoms with van der Waals surface area (Å²) in [6, 6.07) is 14.9. The van der Waals surface area contributed by atoms with Crippen LogP contribution < -0.4 is 20.1 Å². The highest BCUT2D eigenvalue weighted by Crippen LogP contribution is 2.36. The van der Waals surface area contributed by atoms with Crippen molar-refractivity contribution in [2.75, 3.05) is 14.2 Å². The van der Waals surface area contributed by atoms with Crippen LogP contribution in [0, 0.1) is 0 Å². The van der Waals surface area contributed by atoms with Crippen molar-refractivity contribution < 1.29 is 19.1 Å². The first-order valence-electron chi connectivity index (χ1n) is 9.38. The Hall–Kier alpha value is -3.48. The van der Waals surface area contributed by atoms with Gasteiger partial charge in [-0.05, 0) is 42.3 Å². The molecule has 2 unspecified atom stereocenters. The van der Waals surface area contributed by atoms with Crippen LogP contribution in [0.1, 0.15) is 36.6 Å². The molecule has 2 aromatic carbocycles. The predicted octanol–water partition coefficient (Wildman–Crippen LogP) is 3.85. The first kappa shape index (κ1) is 18.9. The van der Waals surface area contributed by atoms with Crippen LogP contribution in [0.3, 0.4) is 0 Å². The third-order valence-electron chi connectivity index (χ3n) is 5.19. The maximum Gasteiger partial charge on any atom is 0.319 e. The molecule has 0 bridgehead atoms. The first-order chi connectivity index (χ1) is 14.1. The summed E-state index contributed by atoms with van der Waals surface area (Å²) in [5.41, 5.74) is 4.48. The van der Waals surface area contributed by atoms with Crippen LogP contribution in [0.2, 0.25) is 0 Å². The monoisotopic (exact) mass is 393 g/mol. The van der Waals surface area contributed by atoms with Gasteiger partial charge in [0.05, 0.1) is 26.0 Å². The molecule has 2 atom stereocenters. The van der Waals surface area contributed by atoms with E-state index >= 15 is 0 Å². The zero-order valence-corrected chi connectivity index (χ0v) is 16.6. The van der Waals surface area contributed by atoms with Gasteiger partial charge in [-0.25, -0.2) is 4.79 Å². The van der Waals surface area contributed by atoms with E-state index in [1.165, 1.54) is 0 Å². The van der Waals surface area contributed by atoms with Gasteiger partial charge < -0.3 is 24.9 Å². The molecule has 4 rings (SSSR count). The highest BCUT2D eigenvalue weighted by Gasteiger charge is 2.34. The van der Waals surface area contributed by atoms with E-state index in [9.17, 15) is 4.79 Å². The number of urea groups is 1. The summed E-state index contributed by atoms with van der Waals surface area (Å²) >= 11 is 0. The van der Waals surface area contributed by atoms with E-state index < -0.39 is 0 Å². The maximum absolute atomic E-state index is 12.1. The lowest BCUT2D eigenvalue weighted by atomic mass is 9.89. The zero-order chi connectivity index (χ0) is 20.4. The van der Waals surface area contributed by atoms with E-state index in [-0.39, 0.29) is 18.2 Å². The summed E-state index contributed by atoms with van der Waals surface area (Å²) in [6.07, 6.45) is 0.439. The van der Waals surface area contributed by atoms with Crippen molar-refractivity contribution in [1.82, 2.24) is 10.6 Å². The molecule has 0 saturated heterocycles. The number of carbonyl (C=O) groups is 1. The predicted molar refractivity (Wildman–Crippen MR) is 109 cm³/mol. The summed E-state index contributed by atoms with van der Waals surface area (Å²) in [5, 5.41) is 10.2. The summed E-state index contributed by atoms with van der Waals surface area (Å²) in [6.45, 7) is 1.88. The molecule has 0 aromatic heterocycles. The molecule has 150 valence electrons. The average molecular weight is 393 g/mol. The van der Waals surface area contributed by atoms with Crippen LogP contribution in [0.25, 0.3) is 0 Å². The smallest absolute Gasteiger partial charge is 0.319 e. The second-order valence-electron chi connectivity index (χ2n) is 6.95. The number of oxime groups is 1. The van der Waals surface area contributed by atoms with Gasteiger partial charge in [0, 0.05) is 17.7 Å². The Morgan fingerprint density at radius 1 is 0.966 bits per heavy atom. The van der Waals surface area contributed by atoms with Crippen LogP contribution in [-0.4, -0.2) is 26.0 Å². The van der Waals surface area contributed by atoms with Gasteiger partial charge in [0.15, 0.2) is 6.10 Å². The van der Waals surface area contributed by atoms with Gasteiger partial charge in [0.25, 0.3) is 0 Å². The Kier molecular flexibility index (Phi) is 5.12. The highest BCUT2D eigenvalue weighted by atomic mass is 16.6. The molecule has 2 aliphatic rings. The molecule has 0 radical (unpaired) electrons. The molecule has 29 heavy (non-hydrogen) atoms. The minimum Gasteiger partial charge on any atom is -0.497 e. The molecule has 2 aliphatic heterocycles. The van der Waals surface area contributed by atoms with Crippen molar-refractivity contribution in [1.29, 1.82) is 0 Å². The zero-order valence-electron chi connectivity index (χ0n) is 16.6. The fourth-order valence-electron chi connectivity index (χ4n) is 3.66. The topological polar surface area (TPSA) is 81.2 Å². The SMILES string of the molecule is COc1ccc(C2CC(C3=C(C)NC(=O)NC3c3ccc(OC)cc3)=NO2)cc1. The average Bonchev–Trinajstić information content (AvgIpc) is 3.23. The maximum atomic E-state index is 12.1. The van der Waals surface area contributed by atoms with Crippen molar-refractivity contribution in [3.63, 3.8) is 0 Å². The second kappa shape index (κ2) is 7.87. The quantitative estimate of drug-likeness (QED) is 0.809. The molecule has 0 fully saturated rings. The highest BCUT2D eigenvalue weighted by molar-refractivity contribution is 6.04. The molecule has 0 saturated carbocycles. The van der Waals surface area contributed by atoms with Gasteiger partial charge in [-0.15, -0.1) is 0 Å². The molecular weight excluding hydrogens is 370 g/mol. The number of rotatable bonds is 5. The third kappa shape index (κ3) is 3.76. The molecule has 2 aromatic rings. The fraction of sp³-hybridized carbons (Fsp3) is 0.273. The Morgan fingerprint density at radius 3 is 2.14 bits per heavy atom. The Labute approximate surface area is 169 Å². The fourth-order valence-corrected chi connectivity index (χ4v) is 3.66. The number of nitrogens with zero attached hydrogens (tertiary/aromatic N) is 1. The normalized spacial score (nSPS) is 21.1. The molecule has 0 aliphatic carbocycles. The van der Waals surface area contributed by atoms with E-state index in [2.05, 4.69) is 15.8 Å². The van der Waals surface area contributed by atoms with Gasteiger partial charge in [-0.2, -0.15) is 0 Å². The Bertz CT molecular complexity index is 965. The molecule has 2 N–H and O–H groups in total. The largest absolute Gasteiger partial charge is 0.497 e. The van der Waals surface area contributed by atoms with Crippen molar-refractivity contribution >= 4 is 11.7 Å². The first-order valence-corrected chi connectivity index (χ1v) is 9.38. The summed E-state index contributed by atoms with van der Waals surface area (Å²) in [4.78, 5) is 17.8. The number of benzene rings is 2. The standard InChI is InChI=1S/C22H23N3O4/c1-13-20(18-12-19(29-25-18)14-4-8-16(27-2)9-5-14)21(24-22(26)23-13)15-6-10-17(28-3)11-7-15/h4-11,19,21H,12H2,1-3H3,(H2,23,24,26). The Morgan fingerprint density at radius 2 is 1.55 bits per heavy atom.